The summed E-state index contributed by atoms with van der Waals surface area (Å²) in [4.78, 5) is 25.0. The number of carboxylic acids is 1. The molecule has 0 aliphatic heterocycles. The SMILES string of the molecule is Cc1cc(Cl)cc(C(=O)O)c1-c1cc(C(=O)Nc2ccc(OCOCC[Si](C)(C)C)cc2)c(C)n1C. The van der Waals surface area contributed by atoms with Crippen LogP contribution in [0.25, 0.3) is 11.3 Å². The molecule has 0 fully saturated rings. The maximum Gasteiger partial charge on any atom is 0.336 e. The predicted molar refractivity (Wildman–Crippen MR) is 146 cm³/mol. The molecule has 3 rings (SSSR count). The summed E-state index contributed by atoms with van der Waals surface area (Å²) in [6.45, 7) is 11.4. The van der Waals surface area contributed by atoms with E-state index in [2.05, 4.69) is 25.0 Å². The lowest BCUT2D eigenvalue weighted by molar-refractivity contribution is 0.0220. The van der Waals surface area contributed by atoms with Gasteiger partial charge in [-0.3, -0.25) is 4.79 Å². The van der Waals surface area contributed by atoms with Gasteiger partial charge in [0.05, 0.1) is 11.1 Å². The number of nitrogens with zero attached hydrogens (tertiary/aromatic N) is 1. The summed E-state index contributed by atoms with van der Waals surface area (Å²) >= 11 is 6.09. The molecule has 36 heavy (non-hydrogen) atoms. The Morgan fingerprint density at radius 2 is 1.72 bits per heavy atom. The van der Waals surface area contributed by atoms with Gasteiger partial charge in [0.25, 0.3) is 5.91 Å². The summed E-state index contributed by atoms with van der Waals surface area (Å²) in [6, 6.07) is 13.0. The maximum atomic E-state index is 13.1. The minimum atomic E-state index is -1.13. The number of hydrogen-bond donors (Lipinski definition) is 2. The lowest BCUT2D eigenvalue weighted by Gasteiger charge is -2.15. The number of aromatic nitrogens is 1. The molecule has 0 aliphatic rings. The number of nitrogens with one attached hydrogen (secondary N) is 1. The molecule has 0 radical (unpaired) electrons. The molecule has 0 unspecified atom stereocenters. The molecular formula is C27H33ClN2O5Si. The first-order valence-electron chi connectivity index (χ1n) is 11.7. The van der Waals surface area contributed by atoms with Crippen molar-refractivity contribution in [1.29, 1.82) is 0 Å². The molecular weight excluding hydrogens is 496 g/mol. The van der Waals surface area contributed by atoms with E-state index < -0.39 is 14.0 Å². The maximum absolute atomic E-state index is 13.1. The first kappa shape index (κ1) is 27.5. The second-order valence-corrected chi connectivity index (χ2v) is 16.1. The Bertz CT molecular complexity index is 1260. The second kappa shape index (κ2) is 11.3. The van der Waals surface area contributed by atoms with E-state index >= 15 is 0 Å². The van der Waals surface area contributed by atoms with Crippen LogP contribution >= 0.6 is 11.6 Å². The summed E-state index contributed by atoms with van der Waals surface area (Å²) in [5.41, 5.74) is 3.75. The molecule has 0 saturated heterocycles. The van der Waals surface area contributed by atoms with Crippen LogP contribution in [-0.4, -0.2) is 43.0 Å². The molecule has 1 amide bonds. The molecule has 2 aromatic carbocycles. The van der Waals surface area contributed by atoms with Gasteiger partial charge in [0.1, 0.15) is 5.75 Å². The van der Waals surface area contributed by atoms with Crippen LogP contribution in [0, 0.1) is 13.8 Å². The number of anilines is 1. The van der Waals surface area contributed by atoms with E-state index in [1.54, 1.807) is 50.4 Å². The fourth-order valence-electron chi connectivity index (χ4n) is 3.80. The highest BCUT2D eigenvalue weighted by Crippen LogP contribution is 2.33. The number of ether oxygens (including phenoxy) is 2. The van der Waals surface area contributed by atoms with Crippen LogP contribution in [0.5, 0.6) is 5.75 Å². The number of aromatic carboxylic acids is 1. The number of benzene rings is 2. The minimum absolute atomic E-state index is 0.0904. The zero-order valence-electron chi connectivity index (χ0n) is 21.6. The summed E-state index contributed by atoms with van der Waals surface area (Å²) in [6.07, 6.45) is 0. The summed E-state index contributed by atoms with van der Waals surface area (Å²) in [5.74, 6) is -0.719. The molecule has 0 bridgehead atoms. The Labute approximate surface area is 218 Å². The van der Waals surface area contributed by atoms with Gasteiger partial charge in [0.15, 0.2) is 6.79 Å². The van der Waals surface area contributed by atoms with Gasteiger partial charge in [-0.2, -0.15) is 0 Å². The Hall–Kier alpha value is -3.07. The third kappa shape index (κ3) is 6.78. The average Bonchev–Trinajstić information content (AvgIpc) is 3.07. The number of carbonyl (C=O) groups is 2. The van der Waals surface area contributed by atoms with E-state index in [-0.39, 0.29) is 18.3 Å². The van der Waals surface area contributed by atoms with Gasteiger partial charge in [-0.25, -0.2) is 4.79 Å². The van der Waals surface area contributed by atoms with Crippen LogP contribution < -0.4 is 10.1 Å². The first-order chi connectivity index (χ1) is 16.9. The van der Waals surface area contributed by atoms with Crippen molar-refractivity contribution < 1.29 is 24.2 Å². The van der Waals surface area contributed by atoms with Crippen LogP contribution in [-0.2, 0) is 11.8 Å². The van der Waals surface area contributed by atoms with Gasteiger partial charge in [-0.05, 0) is 67.9 Å². The highest BCUT2D eigenvalue weighted by Gasteiger charge is 2.22. The van der Waals surface area contributed by atoms with Gasteiger partial charge in [-0.1, -0.05) is 31.2 Å². The zero-order valence-corrected chi connectivity index (χ0v) is 23.3. The number of amides is 1. The van der Waals surface area contributed by atoms with E-state index in [1.807, 2.05) is 11.5 Å². The van der Waals surface area contributed by atoms with E-state index in [4.69, 9.17) is 21.1 Å². The van der Waals surface area contributed by atoms with Crippen molar-refractivity contribution in [2.75, 3.05) is 18.7 Å². The first-order valence-corrected chi connectivity index (χ1v) is 15.8. The molecule has 3 aromatic rings. The molecule has 7 nitrogen and oxygen atoms in total. The fourth-order valence-corrected chi connectivity index (χ4v) is 4.83. The number of carboxylic acid groups (broad SMARTS) is 1. The molecule has 2 N–H and O–H groups in total. The Balaban J connectivity index is 1.72. The van der Waals surface area contributed by atoms with Crippen molar-refractivity contribution in [3.63, 3.8) is 0 Å². The van der Waals surface area contributed by atoms with Gasteiger partial charge >= 0.3 is 5.97 Å². The van der Waals surface area contributed by atoms with E-state index in [0.717, 1.165) is 6.04 Å². The fraction of sp³-hybridized carbons (Fsp3) is 0.333. The third-order valence-electron chi connectivity index (χ3n) is 5.98. The zero-order chi connectivity index (χ0) is 26.6. The van der Waals surface area contributed by atoms with Crippen molar-refractivity contribution in [2.24, 2.45) is 7.05 Å². The molecule has 0 atom stereocenters. The van der Waals surface area contributed by atoms with Gasteiger partial charge in [0, 0.05) is 49.4 Å². The van der Waals surface area contributed by atoms with Crippen LogP contribution in [0.15, 0.2) is 42.5 Å². The number of halogens is 1. The quantitative estimate of drug-likeness (QED) is 0.176. The van der Waals surface area contributed by atoms with Crippen molar-refractivity contribution >= 4 is 37.2 Å². The van der Waals surface area contributed by atoms with Crippen molar-refractivity contribution in [2.45, 2.75) is 39.5 Å². The molecule has 0 aliphatic carbocycles. The van der Waals surface area contributed by atoms with E-state index in [0.29, 0.717) is 51.1 Å². The van der Waals surface area contributed by atoms with E-state index in [9.17, 15) is 14.7 Å². The molecule has 9 heteroatoms. The van der Waals surface area contributed by atoms with Crippen molar-refractivity contribution in [3.05, 3.63) is 69.9 Å². The number of aryl methyl sites for hydroxylation is 1. The second-order valence-electron chi connectivity index (χ2n) is 10.00. The van der Waals surface area contributed by atoms with Crippen LogP contribution in [0.2, 0.25) is 30.7 Å². The topological polar surface area (TPSA) is 89.8 Å². The Morgan fingerprint density at radius 1 is 1.06 bits per heavy atom. The highest BCUT2D eigenvalue weighted by molar-refractivity contribution is 6.76. The number of carbonyl (C=O) groups excluding carboxylic acids is 1. The molecule has 1 heterocycles. The average molecular weight is 529 g/mol. The van der Waals surface area contributed by atoms with Crippen LogP contribution in [0.4, 0.5) is 5.69 Å². The molecule has 192 valence electrons. The monoisotopic (exact) mass is 528 g/mol. The van der Waals surface area contributed by atoms with Gasteiger partial charge < -0.3 is 24.5 Å². The van der Waals surface area contributed by atoms with Gasteiger partial charge in [-0.15, -0.1) is 0 Å². The van der Waals surface area contributed by atoms with Gasteiger partial charge in [0.2, 0.25) is 0 Å². The van der Waals surface area contributed by atoms with Crippen LogP contribution in [0.1, 0.15) is 32.0 Å². The summed E-state index contributed by atoms with van der Waals surface area (Å²) in [5, 5.41) is 13.0. The van der Waals surface area contributed by atoms with Crippen LogP contribution in [0.3, 0.4) is 0 Å². The largest absolute Gasteiger partial charge is 0.478 e. The smallest absolute Gasteiger partial charge is 0.336 e. The minimum Gasteiger partial charge on any atom is -0.478 e. The van der Waals surface area contributed by atoms with E-state index in [1.165, 1.54) is 6.07 Å². The third-order valence-corrected chi connectivity index (χ3v) is 7.91. The molecule has 0 spiro atoms. The predicted octanol–water partition coefficient (Wildman–Crippen LogP) is 6.60. The normalized spacial score (nSPS) is 11.4. The Kier molecular flexibility index (Phi) is 8.66. The number of rotatable bonds is 10. The highest BCUT2D eigenvalue weighted by atomic mass is 35.5. The lowest BCUT2D eigenvalue weighted by Crippen LogP contribution is -2.22. The Morgan fingerprint density at radius 3 is 2.33 bits per heavy atom. The summed E-state index contributed by atoms with van der Waals surface area (Å²) < 4.78 is 13.0. The molecule has 0 saturated carbocycles. The van der Waals surface area contributed by atoms with Crippen molar-refractivity contribution in [3.8, 4) is 17.0 Å². The lowest BCUT2D eigenvalue weighted by atomic mass is 9.98. The molecule has 1 aromatic heterocycles. The number of hydrogen-bond acceptors (Lipinski definition) is 4. The summed E-state index contributed by atoms with van der Waals surface area (Å²) in [7, 11) is 0.674. The van der Waals surface area contributed by atoms with Crippen molar-refractivity contribution in [1.82, 2.24) is 4.57 Å². The standard InChI is InChI=1S/C27H33ClN2O5Si/c1-17-13-19(28)14-23(27(32)33)25(17)24-15-22(18(2)30(24)3)26(31)29-20-7-9-21(10-8-20)35-16-34-11-12-36(4,5)6/h7-10,13-15H,11-12,16H2,1-6H3,(H,29,31)(H,32,33).